The first-order chi connectivity index (χ1) is 9.02. The zero-order valence-corrected chi connectivity index (χ0v) is 13.3. The van der Waals surface area contributed by atoms with Gasteiger partial charge in [0.2, 0.25) is 0 Å². The second-order valence-electron chi connectivity index (χ2n) is 4.17. The SMILES string of the molecule is COc1ccc(Br)cc1NCc1c(Cl)c(C)nn1C. The van der Waals surface area contributed by atoms with E-state index in [2.05, 4.69) is 26.3 Å². The first-order valence-corrected chi connectivity index (χ1v) is 6.95. The van der Waals surface area contributed by atoms with Gasteiger partial charge < -0.3 is 10.1 Å². The highest BCUT2D eigenvalue weighted by atomic mass is 79.9. The maximum absolute atomic E-state index is 6.22. The van der Waals surface area contributed by atoms with Crippen LogP contribution in [-0.2, 0) is 13.6 Å². The van der Waals surface area contributed by atoms with Crippen LogP contribution in [0, 0.1) is 6.92 Å². The zero-order valence-electron chi connectivity index (χ0n) is 11.0. The normalized spacial score (nSPS) is 10.6. The summed E-state index contributed by atoms with van der Waals surface area (Å²) in [6.45, 7) is 2.48. The van der Waals surface area contributed by atoms with Crippen molar-refractivity contribution < 1.29 is 4.74 Å². The number of methoxy groups -OCH3 is 1. The van der Waals surface area contributed by atoms with Gasteiger partial charge in [-0.2, -0.15) is 5.10 Å². The second kappa shape index (κ2) is 5.84. The molecule has 0 amide bonds. The van der Waals surface area contributed by atoms with Crippen LogP contribution in [0.1, 0.15) is 11.4 Å². The number of ether oxygens (including phenoxy) is 1. The minimum atomic E-state index is 0.586. The van der Waals surface area contributed by atoms with E-state index in [-0.39, 0.29) is 0 Å². The van der Waals surface area contributed by atoms with E-state index in [1.54, 1.807) is 11.8 Å². The minimum Gasteiger partial charge on any atom is -0.495 e. The lowest BCUT2D eigenvalue weighted by molar-refractivity contribution is 0.416. The van der Waals surface area contributed by atoms with Gasteiger partial charge in [-0.1, -0.05) is 27.5 Å². The van der Waals surface area contributed by atoms with Crippen molar-refractivity contribution in [1.29, 1.82) is 0 Å². The number of hydrogen-bond acceptors (Lipinski definition) is 3. The summed E-state index contributed by atoms with van der Waals surface area (Å²) in [4.78, 5) is 0. The van der Waals surface area contributed by atoms with Gasteiger partial charge in [-0.25, -0.2) is 0 Å². The quantitative estimate of drug-likeness (QED) is 0.918. The lowest BCUT2D eigenvalue weighted by Crippen LogP contribution is -2.06. The molecule has 0 saturated heterocycles. The number of anilines is 1. The number of hydrogen-bond donors (Lipinski definition) is 1. The Kier molecular flexibility index (Phi) is 4.37. The van der Waals surface area contributed by atoms with Crippen molar-refractivity contribution in [3.63, 3.8) is 0 Å². The summed E-state index contributed by atoms with van der Waals surface area (Å²) in [6.07, 6.45) is 0. The topological polar surface area (TPSA) is 39.1 Å². The summed E-state index contributed by atoms with van der Waals surface area (Å²) in [5, 5.41) is 8.30. The molecule has 1 aromatic heterocycles. The Labute approximate surface area is 125 Å². The molecule has 0 radical (unpaired) electrons. The lowest BCUT2D eigenvalue weighted by atomic mass is 10.2. The molecular weight excluding hydrogens is 330 g/mol. The van der Waals surface area contributed by atoms with Crippen molar-refractivity contribution in [2.75, 3.05) is 12.4 Å². The Morgan fingerprint density at radius 2 is 2.21 bits per heavy atom. The smallest absolute Gasteiger partial charge is 0.142 e. The van der Waals surface area contributed by atoms with E-state index < -0.39 is 0 Å². The van der Waals surface area contributed by atoms with E-state index in [9.17, 15) is 0 Å². The van der Waals surface area contributed by atoms with Gasteiger partial charge in [-0.05, 0) is 25.1 Å². The Morgan fingerprint density at radius 3 is 2.79 bits per heavy atom. The summed E-state index contributed by atoms with van der Waals surface area (Å²) < 4.78 is 8.09. The Hall–Kier alpha value is -1.20. The molecule has 0 aliphatic carbocycles. The van der Waals surface area contributed by atoms with Crippen LogP contribution in [-0.4, -0.2) is 16.9 Å². The molecule has 0 atom stereocenters. The van der Waals surface area contributed by atoms with Crippen molar-refractivity contribution >= 4 is 33.2 Å². The Bertz CT molecular complexity index is 598. The van der Waals surface area contributed by atoms with Crippen LogP contribution in [0.15, 0.2) is 22.7 Å². The number of aryl methyl sites for hydroxylation is 2. The first kappa shape index (κ1) is 14.2. The summed E-state index contributed by atoms with van der Waals surface area (Å²) in [5.74, 6) is 0.790. The molecule has 0 fully saturated rings. The van der Waals surface area contributed by atoms with Gasteiger partial charge in [0, 0.05) is 11.5 Å². The van der Waals surface area contributed by atoms with E-state index in [0.717, 1.165) is 27.3 Å². The van der Waals surface area contributed by atoms with Crippen LogP contribution in [0.2, 0.25) is 5.02 Å². The minimum absolute atomic E-state index is 0.586. The number of rotatable bonds is 4. The molecular formula is C13H15BrClN3O. The highest BCUT2D eigenvalue weighted by Gasteiger charge is 2.11. The van der Waals surface area contributed by atoms with E-state index in [0.29, 0.717) is 11.6 Å². The first-order valence-electron chi connectivity index (χ1n) is 5.78. The molecule has 0 saturated carbocycles. The molecule has 19 heavy (non-hydrogen) atoms. The molecule has 2 aromatic rings. The second-order valence-corrected chi connectivity index (χ2v) is 5.46. The molecule has 0 bridgehead atoms. The monoisotopic (exact) mass is 343 g/mol. The average molecular weight is 345 g/mol. The van der Waals surface area contributed by atoms with Crippen LogP contribution >= 0.6 is 27.5 Å². The van der Waals surface area contributed by atoms with Crippen LogP contribution in [0.5, 0.6) is 5.75 Å². The van der Waals surface area contributed by atoms with Gasteiger partial charge in [0.05, 0.1) is 35.8 Å². The van der Waals surface area contributed by atoms with Gasteiger partial charge in [-0.3, -0.25) is 4.68 Å². The fourth-order valence-electron chi connectivity index (χ4n) is 1.87. The van der Waals surface area contributed by atoms with Crippen LogP contribution in [0.25, 0.3) is 0 Å². The molecule has 102 valence electrons. The number of nitrogens with zero attached hydrogens (tertiary/aromatic N) is 2. The van der Waals surface area contributed by atoms with Crippen LogP contribution < -0.4 is 10.1 Å². The Morgan fingerprint density at radius 1 is 1.47 bits per heavy atom. The largest absolute Gasteiger partial charge is 0.495 e. The molecule has 6 heteroatoms. The van der Waals surface area contributed by atoms with E-state index >= 15 is 0 Å². The van der Waals surface area contributed by atoms with Crippen molar-refractivity contribution in [1.82, 2.24) is 9.78 Å². The fraction of sp³-hybridized carbons (Fsp3) is 0.308. The average Bonchev–Trinajstić information content (AvgIpc) is 2.61. The van der Waals surface area contributed by atoms with Gasteiger partial charge in [0.15, 0.2) is 0 Å². The number of aromatic nitrogens is 2. The summed E-state index contributed by atoms with van der Waals surface area (Å²) in [5.41, 5.74) is 2.69. The predicted molar refractivity (Wildman–Crippen MR) is 81.0 cm³/mol. The highest BCUT2D eigenvalue weighted by Crippen LogP contribution is 2.29. The number of halogens is 2. The Balaban J connectivity index is 2.21. The summed E-state index contributed by atoms with van der Waals surface area (Å²) >= 11 is 9.67. The molecule has 0 unspecified atom stereocenters. The standard InChI is InChI=1S/C13H15BrClN3O/c1-8-13(15)11(18(2)17-8)7-16-10-6-9(14)4-5-12(10)19-3/h4-6,16H,7H2,1-3H3. The molecule has 1 heterocycles. The maximum Gasteiger partial charge on any atom is 0.142 e. The van der Waals surface area contributed by atoms with Crippen LogP contribution in [0.4, 0.5) is 5.69 Å². The van der Waals surface area contributed by atoms with Gasteiger partial charge >= 0.3 is 0 Å². The van der Waals surface area contributed by atoms with Gasteiger partial charge in [-0.15, -0.1) is 0 Å². The third-order valence-corrected chi connectivity index (χ3v) is 3.85. The van der Waals surface area contributed by atoms with Gasteiger partial charge in [0.25, 0.3) is 0 Å². The van der Waals surface area contributed by atoms with Crippen molar-refractivity contribution in [2.24, 2.45) is 7.05 Å². The molecule has 1 N–H and O–H groups in total. The number of nitrogens with one attached hydrogen (secondary N) is 1. The molecule has 0 aliphatic rings. The van der Waals surface area contributed by atoms with Crippen LogP contribution in [0.3, 0.4) is 0 Å². The third kappa shape index (κ3) is 3.04. The molecule has 1 aromatic carbocycles. The molecule has 4 nitrogen and oxygen atoms in total. The van der Waals surface area contributed by atoms with E-state index in [4.69, 9.17) is 16.3 Å². The summed E-state index contributed by atoms with van der Waals surface area (Å²) in [6, 6.07) is 5.81. The fourth-order valence-corrected chi connectivity index (χ4v) is 2.46. The summed E-state index contributed by atoms with van der Waals surface area (Å²) in [7, 11) is 3.53. The molecule has 0 aliphatic heterocycles. The van der Waals surface area contributed by atoms with Crippen molar-refractivity contribution in [3.8, 4) is 5.75 Å². The van der Waals surface area contributed by atoms with E-state index in [1.165, 1.54) is 0 Å². The highest BCUT2D eigenvalue weighted by molar-refractivity contribution is 9.10. The van der Waals surface area contributed by atoms with E-state index in [1.807, 2.05) is 32.2 Å². The number of benzene rings is 1. The van der Waals surface area contributed by atoms with Crippen molar-refractivity contribution in [2.45, 2.75) is 13.5 Å². The predicted octanol–water partition coefficient (Wildman–Crippen LogP) is 3.77. The zero-order chi connectivity index (χ0) is 14.0. The van der Waals surface area contributed by atoms with Gasteiger partial charge in [0.1, 0.15) is 5.75 Å². The third-order valence-electron chi connectivity index (χ3n) is 2.87. The molecule has 2 rings (SSSR count). The van der Waals surface area contributed by atoms with Crippen molar-refractivity contribution in [3.05, 3.63) is 39.1 Å². The maximum atomic E-state index is 6.22. The molecule has 0 spiro atoms. The lowest BCUT2D eigenvalue weighted by Gasteiger charge is -2.12.